The van der Waals surface area contributed by atoms with Crippen molar-refractivity contribution in [1.82, 2.24) is 14.5 Å². The topological polar surface area (TPSA) is 107 Å². The van der Waals surface area contributed by atoms with Crippen LogP contribution < -0.4 is 4.72 Å². The van der Waals surface area contributed by atoms with Gasteiger partial charge in [-0.3, -0.25) is 14.8 Å². The summed E-state index contributed by atoms with van der Waals surface area (Å²) in [5.41, 5.74) is 1.65. The van der Waals surface area contributed by atoms with Crippen LogP contribution in [0.1, 0.15) is 0 Å². The summed E-state index contributed by atoms with van der Waals surface area (Å²) in [4.78, 5) is 10.1. The third-order valence-electron chi connectivity index (χ3n) is 2.75. The zero-order chi connectivity index (χ0) is 15.5. The number of nitrogens with zero attached hydrogens (tertiary/aromatic N) is 3. The molecule has 0 unspecified atom stereocenters. The van der Waals surface area contributed by atoms with Gasteiger partial charge < -0.3 is 0 Å². The average molecular weight is 310 g/mol. The van der Waals surface area contributed by atoms with Crippen LogP contribution in [0.3, 0.4) is 0 Å². The summed E-state index contributed by atoms with van der Waals surface area (Å²) in [7, 11) is -3.21. The van der Waals surface area contributed by atoms with E-state index < -0.39 is 14.9 Å². The van der Waals surface area contributed by atoms with Crippen LogP contribution in [0, 0.1) is 10.1 Å². The first-order valence-electron chi connectivity index (χ1n) is 6.07. The van der Waals surface area contributed by atoms with Crippen LogP contribution in [-0.2, 0) is 16.6 Å². The molecule has 9 heteroatoms. The number of nitrogens with one attached hydrogen (secondary N) is 1. The third-order valence-corrected chi connectivity index (χ3v) is 3.48. The fourth-order valence-electron chi connectivity index (χ4n) is 1.76. The fourth-order valence-corrected chi connectivity index (χ4v) is 2.22. The molecule has 112 valence electrons. The normalized spacial score (nSPS) is 11.5. The third kappa shape index (κ3) is 4.36. The molecule has 1 aromatic heterocycles. The Hall–Kier alpha value is -2.26. The monoisotopic (exact) mass is 310 g/mol. The predicted molar refractivity (Wildman–Crippen MR) is 77.2 cm³/mol. The molecular weight excluding hydrogens is 296 g/mol. The van der Waals surface area contributed by atoms with Gasteiger partial charge >= 0.3 is 0 Å². The zero-order valence-electron chi connectivity index (χ0n) is 11.3. The van der Waals surface area contributed by atoms with Gasteiger partial charge in [-0.15, -0.1) is 0 Å². The minimum Gasteiger partial charge on any atom is -0.271 e. The molecular formula is C12H14N4O4S. The van der Waals surface area contributed by atoms with Crippen LogP contribution in [0.5, 0.6) is 0 Å². The van der Waals surface area contributed by atoms with E-state index in [1.165, 1.54) is 12.1 Å². The van der Waals surface area contributed by atoms with Crippen molar-refractivity contribution in [3.8, 4) is 11.1 Å². The van der Waals surface area contributed by atoms with Gasteiger partial charge in [0.15, 0.2) is 0 Å². The van der Waals surface area contributed by atoms with E-state index in [1.54, 1.807) is 29.2 Å². The van der Waals surface area contributed by atoms with Gasteiger partial charge in [0, 0.05) is 30.4 Å². The Kier molecular flexibility index (Phi) is 4.34. The Morgan fingerprint density at radius 1 is 1.29 bits per heavy atom. The number of nitro benzene ring substituents is 1. The molecule has 0 spiro atoms. The van der Waals surface area contributed by atoms with Crippen LogP contribution in [0.2, 0.25) is 0 Å². The summed E-state index contributed by atoms with van der Waals surface area (Å²) in [6.07, 6.45) is 4.48. The molecule has 2 aromatic rings. The molecule has 2 rings (SSSR count). The molecule has 0 atom stereocenters. The maximum atomic E-state index is 10.9. The molecule has 1 N–H and O–H groups in total. The maximum absolute atomic E-state index is 10.9. The van der Waals surface area contributed by atoms with Gasteiger partial charge in [0.25, 0.3) is 5.69 Å². The van der Waals surface area contributed by atoms with E-state index in [-0.39, 0.29) is 12.2 Å². The van der Waals surface area contributed by atoms with Crippen LogP contribution in [0.25, 0.3) is 11.1 Å². The Morgan fingerprint density at radius 2 is 1.95 bits per heavy atom. The van der Waals surface area contributed by atoms with Gasteiger partial charge in [0.2, 0.25) is 10.0 Å². The molecule has 0 aliphatic heterocycles. The van der Waals surface area contributed by atoms with Gasteiger partial charge in [-0.05, 0) is 17.7 Å². The molecule has 1 heterocycles. The summed E-state index contributed by atoms with van der Waals surface area (Å²) in [6, 6.07) is 6.15. The minimum absolute atomic E-state index is 0.0310. The van der Waals surface area contributed by atoms with Crippen molar-refractivity contribution in [2.45, 2.75) is 6.54 Å². The second kappa shape index (κ2) is 6.02. The lowest BCUT2D eigenvalue weighted by Crippen LogP contribution is -2.26. The highest BCUT2D eigenvalue weighted by atomic mass is 32.2. The molecule has 0 bridgehead atoms. The first-order valence-corrected chi connectivity index (χ1v) is 7.96. The molecule has 0 saturated carbocycles. The van der Waals surface area contributed by atoms with Crippen molar-refractivity contribution in [2.24, 2.45) is 0 Å². The van der Waals surface area contributed by atoms with Gasteiger partial charge in [0.05, 0.1) is 23.9 Å². The highest BCUT2D eigenvalue weighted by Crippen LogP contribution is 2.21. The van der Waals surface area contributed by atoms with Gasteiger partial charge in [-0.25, -0.2) is 13.1 Å². The molecule has 1 aromatic carbocycles. The fraction of sp³-hybridized carbons (Fsp3) is 0.250. The van der Waals surface area contributed by atoms with E-state index in [9.17, 15) is 18.5 Å². The Morgan fingerprint density at radius 3 is 2.52 bits per heavy atom. The lowest BCUT2D eigenvalue weighted by molar-refractivity contribution is -0.384. The largest absolute Gasteiger partial charge is 0.271 e. The second-order valence-electron chi connectivity index (χ2n) is 4.46. The van der Waals surface area contributed by atoms with E-state index in [4.69, 9.17) is 0 Å². The van der Waals surface area contributed by atoms with E-state index >= 15 is 0 Å². The van der Waals surface area contributed by atoms with Crippen molar-refractivity contribution in [3.63, 3.8) is 0 Å². The lowest BCUT2D eigenvalue weighted by atomic mass is 10.1. The zero-order valence-corrected chi connectivity index (χ0v) is 12.1. The molecule has 0 aliphatic carbocycles. The standard InChI is InChI=1S/C12H14N4O4S/c1-21(19,20)14-6-7-15-9-11(8-13-15)10-2-4-12(5-3-10)16(17)18/h2-5,8-9,14H,6-7H2,1H3. The van der Waals surface area contributed by atoms with Gasteiger partial charge in [0.1, 0.15) is 0 Å². The molecule has 8 nitrogen and oxygen atoms in total. The Balaban J connectivity index is 2.04. The maximum Gasteiger partial charge on any atom is 0.269 e. The molecule has 0 aliphatic rings. The van der Waals surface area contributed by atoms with Crippen molar-refractivity contribution >= 4 is 15.7 Å². The smallest absolute Gasteiger partial charge is 0.269 e. The molecule has 0 saturated heterocycles. The van der Waals surface area contributed by atoms with Crippen LogP contribution in [0.4, 0.5) is 5.69 Å². The van der Waals surface area contributed by atoms with Gasteiger partial charge in [-0.2, -0.15) is 5.10 Å². The van der Waals surface area contributed by atoms with Crippen LogP contribution in [0.15, 0.2) is 36.7 Å². The highest BCUT2D eigenvalue weighted by Gasteiger charge is 2.07. The summed E-state index contributed by atoms with van der Waals surface area (Å²) < 4.78 is 25.9. The number of nitro groups is 1. The number of sulfonamides is 1. The Bertz CT molecular complexity index is 737. The van der Waals surface area contributed by atoms with Crippen molar-refractivity contribution in [2.75, 3.05) is 12.8 Å². The van der Waals surface area contributed by atoms with E-state index in [0.717, 1.165) is 17.4 Å². The number of benzene rings is 1. The number of rotatable bonds is 6. The number of hydrogen-bond donors (Lipinski definition) is 1. The number of aromatic nitrogens is 2. The first kappa shape index (κ1) is 15.1. The summed E-state index contributed by atoms with van der Waals surface area (Å²) in [6.45, 7) is 0.653. The SMILES string of the molecule is CS(=O)(=O)NCCn1cc(-c2ccc([N+](=O)[O-])cc2)cn1. The summed E-state index contributed by atoms with van der Waals surface area (Å²) >= 11 is 0. The van der Waals surface area contributed by atoms with E-state index in [0.29, 0.717) is 6.54 Å². The number of non-ortho nitro benzene ring substituents is 1. The summed E-state index contributed by atoms with van der Waals surface area (Å²) in [5, 5.41) is 14.7. The van der Waals surface area contributed by atoms with E-state index in [2.05, 4.69) is 9.82 Å². The van der Waals surface area contributed by atoms with Crippen LogP contribution >= 0.6 is 0 Å². The number of hydrogen-bond acceptors (Lipinski definition) is 5. The summed E-state index contributed by atoms with van der Waals surface area (Å²) in [5.74, 6) is 0. The predicted octanol–water partition coefficient (Wildman–Crippen LogP) is 1.01. The van der Waals surface area contributed by atoms with Crippen LogP contribution in [-0.4, -0.2) is 35.9 Å². The molecule has 0 amide bonds. The average Bonchev–Trinajstić information content (AvgIpc) is 2.86. The van der Waals surface area contributed by atoms with Gasteiger partial charge in [-0.1, -0.05) is 0 Å². The van der Waals surface area contributed by atoms with E-state index in [1.807, 2.05) is 0 Å². The Labute approximate surface area is 121 Å². The molecule has 0 fully saturated rings. The molecule has 21 heavy (non-hydrogen) atoms. The van der Waals surface area contributed by atoms with Crippen molar-refractivity contribution in [3.05, 3.63) is 46.8 Å². The van der Waals surface area contributed by atoms with Crippen molar-refractivity contribution < 1.29 is 13.3 Å². The second-order valence-corrected chi connectivity index (χ2v) is 6.30. The molecule has 0 radical (unpaired) electrons. The minimum atomic E-state index is -3.21. The highest BCUT2D eigenvalue weighted by molar-refractivity contribution is 7.88. The van der Waals surface area contributed by atoms with Crippen molar-refractivity contribution in [1.29, 1.82) is 0 Å². The first-order chi connectivity index (χ1) is 9.85. The lowest BCUT2D eigenvalue weighted by Gasteiger charge is -2.02. The quantitative estimate of drug-likeness (QED) is 0.633.